The van der Waals surface area contributed by atoms with Crippen LogP contribution in [0.4, 0.5) is 0 Å². The topological polar surface area (TPSA) is 69.0 Å². The van der Waals surface area contributed by atoms with Crippen LogP contribution in [0, 0.1) is 0 Å². The first-order valence-corrected chi connectivity index (χ1v) is 8.61. The van der Waals surface area contributed by atoms with Crippen molar-refractivity contribution in [3.63, 3.8) is 0 Å². The van der Waals surface area contributed by atoms with E-state index in [1.807, 2.05) is 30.3 Å². The standard InChI is InChI=1S/C16H18N2O3S/c1-3-10-22(20,21)15-12-18(4-2)16(19)14(17-15)11-13-8-6-5-7-9-13/h3,5-9,12H,1,4,10-11H2,2H3. The summed E-state index contributed by atoms with van der Waals surface area (Å²) in [6.45, 7) is 5.62. The summed E-state index contributed by atoms with van der Waals surface area (Å²) >= 11 is 0. The summed E-state index contributed by atoms with van der Waals surface area (Å²) in [5.74, 6) is -0.202. The monoisotopic (exact) mass is 318 g/mol. The third-order valence-corrected chi connectivity index (χ3v) is 4.74. The largest absolute Gasteiger partial charge is 0.311 e. The Balaban J connectivity index is 2.54. The van der Waals surface area contributed by atoms with E-state index >= 15 is 0 Å². The summed E-state index contributed by atoms with van der Waals surface area (Å²) in [5.41, 5.74) is 0.884. The highest BCUT2D eigenvalue weighted by molar-refractivity contribution is 7.91. The van der Waals surface area contributed by atoms with E-state index in [2.05, 4.69) is 11.6 Å². The Morgan fingerprint density at radius 1 is 1.27 bits per heavy atom. The SMILES string of the molecule is C=CCS(=O)(=O)c1cn(CC)c(=O)c(Cc2ccccc2)n1. The summed E-state index contributed by atoms with van der Waals surface area (Å²) in [6.07, 6.45) is 2.92. The average Bonchev–Trinajstić information content (AvgIpc) is 2.50. The Morgan fingerprint density at radius 3 is 2.55 bits per heavy atom. The molecule has 2 rings (SSSR count). The molecule has 0 saturated carbocycles. The highest BCUT2D eigenvalue weighted by Crippen LogP contribution is 2.10. The number of nitrogens with zero attached hydrogens (tertiary/aromatic N) is 2. The molecule has 0 saturated heterocycles. The molecule has 0 aliphatic carbocycles. The Hall–Kier alpha value is -2.21. The number of rotatable bonds is 6. The van der Waals surface area contributed by atoms with Gasteiger partial charge in [0.05, 0.1) is 5.75 Å². The van der Waals surface area contributed by atoms with Gasteiger partial charge in [-0.05, 0) is 12.5 Å². The van der Waals surface area contributed by atoms with Gasteiger partial charge in [-0.1, -0.05) is 36.4 Å². The van der Waals surface area contributed by atoms with Crippen molar-refractivity contribution in [2.24, 2.45) is 0 Å². The van der Waals surface area contributed by atoms with Crippen LogP contribution in [-0.4, -0.2) is 23.7 Å². The predicted octanol–water partition coefficient (Wildman–Crippen LogP) is 1.81. The highest BCUT2D eigenvalue weighted by Gasteiger charge is 2.18. The third-order valence-electron chi connectivity index (χ3n) is 3.23. The molecule has 0 atom stereocenters. The molecule has 0 aliphatic rings. The molecule has 1 aromatic carbocycles. The number of hydrogen-bond acceptors (Lipinski definition) is 4. The van der Waals surface area contributed by atoms with Crippen molar-refractivity contribution in [1.29, 1.82) is 0 Å². The maximum atomic E-state index is 12.3. The highest BCUT2D eigenvalue weighted by atomic mass is 32.2. The molecule has 1 aromatic heterocycles. The van der Waals surface area contributed by atoms with Crippen LogP contribution < -0.4 is 5.56 Å². The van der Waals surface area contributed by atoms with Gasteiger partial charge < -0.3 is 4.57 Å². The zero-order chi connectivity index (χ0) is 16.2. The quantitative estimate of drug-likeness (QED) is 0.762. The van der Waals surface area contributed by atoms with Gasteiger partial charge in [0.1, 0.15) is 5.69 Å². The van der Waals surface area contributed by atoms with Crippen molar-refractivity contribution in [1.82, 2.24) is 9.55 Å². The lowest BCUT2D eigenvalue weighted by atomic mass is 10.1. The van der Waals surface area contributed by atoms with Gasteiger partial charge in [0.25, 0.3) is 5.56 Å². The van der Waals surface area contributed by atoms with E-state index in [0.29, 0.717) is 13.0 Å². The minimum atomic E-state index is -3.56. The normalized spacial score (nSPS) is 11.3. The summed E-state index contributed by atoms with van der Waals surface area (Å²) in [5, 5.41) is -0.0835. The third kappa shape index (κ3) is 3.51. The first kappa shape index (κ1) is 16.2. The number of aromatic nitrogens is 2. The molecule has 0 amide bonds. The molecule has 2 aromatic rings. The van der Waals surface area contributed by atoms with Crippen molar-refractivity contribution in [3.05, 3.63) is 70.8 Å². The van der Waals surface area contributed by atoms with Crippen molar-refractivity contribution in [2.45, 2.75) is 24.9 Å². The van der Waals surface area contributed by atoms with Crippen molar-refractivity contribution >= 4 is 9.84 Å². The van der Waals surface area contributed by atoms with Crippen LogP contribution in [0.2, 0.25) is 0 Å². The molecule has 0 bridgehead atoms. The molecule has 0 N–H and O–H groups in total. The smallest absolute Gasteiger partial charge is 0.272 e. The minimum Gasteiger partial charge on any atom is -0.311 e. The van der Waals surface area contributed by atoms with Gasteiger partial charge in [-0.15, -0.1) is 6.58 Å². The molecular formula is C16H18N2O3S. The molecular weight excluding hydrogens is 300 g/mol. The zero-order valence-electron chi connectivity index (χ0n) is 12.4. The average molecular weight is 318 g/mol. The first-order valence-electron chi connectivity index (χ1n) is 6.96. The van der Waals surface area contributed by atoms with Crippen LogP contribution in [0.15, 0.2) is 59.0 Å². The first-order chi connectivity index (χ1) is 10.5. The van der Waals surface area contributed by atoms with Gasteiger partial charge in [-0.25, -0.2) is 13.4 Å². The van der Waals surface area contributed by atoms with Gasteiger partial charge in [-0.3, -0.25) is 4.79 Å². The molecule has 1 heterocycles. The number of sulfone groups is 1. The zero-order valence-corrected chi connectivity index (χ0v) is 13.2. The van der Waals surface area contributed by atoms with Crippen molar-refractivity contribution < 1.29 is 8.42 Å². The summed E-state index contributed by atoms with van der Waals surface area (Å²) in [4.78, 5) is 16.4. The van der Waals surface area contributed by atoms with E-state index in [0.717, 1.165) is 5.56 Å². The van der Waals surface area contributed by atoms with Crippen LogP contribution in [0.1, 0.15) is 18.2 Å². The van der Waals surface area contributed by atoms with Crippen LogP contribution in [0.5, 0.6) is 0 Å². The summed E-state index contributed by atoms with van der Waals surface area (Å²) in [7, 11) is -3.56. The maximum Gasteiger partial charge on any atom is 0.272 e. The van der Waals surface area contributed by atoms with Gasteiger partial charge in [0.15, 0.2) is 5.03 Å². The lowest BCUT2D eigenvalue weighted by Crippen LogP contribution is -2.27. The fourth-order valence-corrected chi connectivity index (χ4v) is 3.12. The molecule has 0 unspecified atom stereocenters. The van der Waals surface area contributed by atoms with Crippen LogP contribution in [0.3, 0.4) is 0 Å². The second kappa shape index (κ2) is 6.70. The fourth-order valence-electron chi connectivity index (χ4n) is 2.10. The molecule has 5 nitrogen and oxygen atoms in total. The van der Waals surface area contributed by atoms with Gasteiger partial charge in [0.2, 0.25) is 9.84 Å². The van der Waals surface area contributed by atoms with Gasteiger partial charge in [0, 0.05) is 19.2 Å². The van der Waals surface area contributed by atoms with Crippen LogP contribution in [0.25, 0.3) is 0 Å². The molecule has 0 radical (unpaired) electrons. The molecule has 116 valence electrons. The van der Waals surface area contributed by atoms with E-state index in [-0.39, 0.29) is 22.0 Å². The molecule has 0 aliphatic heterocycles. The minimum absolute atomic E-state index is 0.0835. The van der Waals surface area contributed by atoms with E-state index in [1.165, 1.54) is 16.8 Å². The maximum absolute atomic E-state index is 12.3. The van der Waals surface area contributed by atoms with E-state index < -0.39 is 9.84 Å². The van der Waals surface area contributed by atoms with E-state index in [9.17, 15) is 13.2 Å². The molecule has 0 spiro atoms. The van der Waals surface area contributed by atoms with E-state index in [4.69, 9.17) is 0 Å². The Morgan fingerprint density at radius 2 is 1.95 bits per heavy atom. The second-order valence-corrected chi connectivity index (χ2v) is 6.83. The summed E-state index contributed by atoms with van der Waals surface area (Å²) in [6, 6.07) is 9.37. The molecule has 22 heavy (non-hydrogen) atoms. The second-order valence-electron chi connectivity index (χ2n) is 4.85. The van der Waals surface area contributed by atoms with Gasteiger partial charge >= 0.3 is 0 Å². The van der Waals surface area contributed by atoms with Crippen molar-refractivity contribution in [2.75, 3.05) is 5.75 Å². The number of aryl methyl sites for hydroxylation is 1. The Bertz CT molecular complexity index is 824. The lowest BCUT2D eigenvalue weighted by molar-refractivity contribution is 0.587. The fraction of sp³-hybridized carbons (Fsp3) is 0.250. The predicted molar refractivity (Wildman–Crippen MR) is 85.7 cm³/mol. The van der Waals surface area contributed by atoms with E-state index in [1.54, 1.807) is 6.92 Å². The lowest BCUT2D eigenvalue weighted by Gasteiger charge is -2.09. The van der Waals surface area contributed by atoms with Crippen LogP contribution >= 0.6 is 0 Å². The Kier molecular flexibility index (Phi) is 4.92. The summed E-state index contributed by atoms with van der Waals surface area (Å²) < 4.78 is 25.7. The number of benzene rings is 1. The molecule has 0 fully saturated rings. The van der Waals surface area contributed by atoms with Gasteiger partial charge in [-0.2, -0.15) is 0 Å². The molecule has 6 heteroatoms. The Labute approximate surface area is 129 Å². The van der Waals surface area contributed by atoms with Crippen LogP contribution in [-0.2, 0) is 22.8 Å². The number of hydrogen-bond donors (Lipinski definition) is 0. The van der Waals surface area contributed by atoms with Crippen molar-refractivity contribution in [3.8, 4) is 0 Å².